The summed E-state index contributed by atoms with van der Waals surface area (Å²) in [6, 6.07) is 1.74. The summed E-state index contributed by atoms with van der Waals surface area (Å²) < 4.78 is 5.22. The smallest absolute Gasteiger partial charge is 0.427 e. The lowest BCUT2D eigenvalue weighted by molar-refractivity contribution is -0.159. The SMILES string of the molecule is CC(C)(C)OC(=O)ON1CCCC(N2Cc3c[nH]c4nccc(c34)C2=O)C1. The van der Waals surface area contributed by atoms with E-state index in [-0.39, 0.29) is 11.9 Å². The molecule has 2 aromatic heterocycles. The molecule has 2 aliphatic heterocycles. The number of pyridine rings is 1. The second-order valence-electron chi connectivity index (χ2n) is 8.07. The van der Waals surface area contributed by atoms with Crippen LogP contribution in [-0.2, 0) is 16.1 Å². The van der Waals surface area contributed by atoms with Crippen molar-refractivity contribution in [1.29, 1.82) is 0 Å². The van der Waals surface area contributed by atoms with E-state index in [0.717, 1.165) is 29.4 Å². The summed E-state index contributed by atoms with van der Waals surface area (Å²) in [6.45, 7) is 7.02. The van der Waals surface area contributed by atoms with Crippen LogP contribution < -0.4 is 0 Å². The molecule has 0 radical (unpaired) electrons. The summed E-state index contributed by atoms with van der Waals surface area (Å²) in [6.07, 6.45) is 4.56. The van der Waals surface area contributed by atoms with Crippen molar-refractivity contribution in [3.05, 3.63) is 29.6 Å². The van der Waals surface area contributed by atoms with Crippen LogP contribution in [0.3, 0.4) is 0 Å². The molecular formula is C19H24N4O4. The van der Waals surface area contributed by atoms with Crippen LogP contribution in [0, 0.1) is 0 Å². The Labute approximate surface area is 157 Å². The maximum atomic E-state index is 13.1. The first kappa shape index (κ1) is 17.8. The van der Waals surface area contributed by atoms with E-state index in [2.05, 4.69) is 9.97 Å². The predicted octanol–water partition coefficient (Wildman–Crippen LogP) is 2.85. The molecule has 8 nitrogen and oxygen atoms in total. The fourth-order valence-electron chi connectivity index (χ4n) is 3.76. The minimum atomic E-state index is -0.711. The van der Waals surface area contributed by atoms with Gasteiger partial charge in [-0.25, -0.2) is 9.78 Å². The number of aromatic amines is 1. The zero-order chi connectivity index (χ0) is 19.2. The fourth-order valence-corrected chi connectivity index (χ4v) is 3.76. The first-order chi connectivity index (χ1) is 12.8. The second kappa shape index (κ2) is 6.53. The number of carbonyl (C=O) groups excluding carboxylic acids is 2. The van der Waals surface area contributed by atoms with Crippen LogP contribution in [0.1, 0.15) is 49.5 Å². The molecule has 0 saturated carbocycles. The van der Waals surface area contributed by atoms with Crippen LogP contribution >= 0.6 is 0 Å². The Morgan fingerprint density at radius 3 is 2.96 bits per heavy atom. The fraction of sp³-hybridized carbons (Fsp3) is 0.526. The standard InChI is InChI=1S/C19H24N4O4/c1-19(2,3)26-18(25)27-22-8-4-5-13(11-22)23-10-12-9-21-16-15(12)14(17(23)24)6-7-20-16/h6-7,9,13H,4-5,8,10-11H2,1-3H3,(H,20,21). The third-order valence-corrected chi connectivity index (χ3v) is 4.88. The molecule has 1 fully saturated rings. The second-order valence-corrected chi connectivity index (χ2v) is 8.07. The number of amides is 1. The zero-order valence-corrected chi connectivity index (χ0v) is 15.8. The normalized spacial score (nSPS) is 20.8. The van der Waals surface area contributed by atoms with Crippen molar-refractivity contribution < 1.29 is 19.2 Å². The monoisotopic (exact) mass is 372 g/mol. The van der Waals surface area contributed by atoms with Gasteiger partial charge in [-0.3, -0.25) is 4.79 Å². The molecule has 1 N–H and O–H groups in total. The summed E-state index contributed by atoms with van der Waals surface area (Å²) in [5.41, 5.74) is 1.88. The van der Waals surface area contributed by atoms with Crippen molar-refractivity contribution in [2.75, 3.05) is 13.1 Å². The predicted molar refractivity (Wildman–Crippen MR) is 97.9 cm³/mol. The maximum Gasteiger partial charge on any atom is 0.528 e. The molecule has 144 valence electrons. The maximum absolute atomic E-state index is 13.1. The number of ether oxygens (including phenoxy) is 1. The third kappa shape index (κ3) is 3.49. The van der Waals surface area contributed by atoms with Crippen LogP contribution in [0.25, 0.3) is 11.0 Å². The van der Waals surface area contributed by atoms with E-state index in [1.165, 1.54) is 0 Å². The Balaban J connectivity index is 1.48. The van der Waals surface area contributed by atoms with Crippen molar-refractivity contribution in [1.82, 2.24) is 19.9 Å². The molecule has 2 aliphatic rings. The molecule has 4 heterocycles. The molecule has 2 aromatic rings. The van der Waals surface area contributed by atoms with E-state index in [9.17, 15) is 9.59 Å². The van der Waals surface area contributed by atoms with E-state index in [0.29, 0.717) is 25.2 Å². The highest BCUT2D eigenvalue weighted by molar-refractivity contribution is 6.08. The number of H-pyrrole nitrogens is 1. The van der Waals surface area contributed by atoms with E-state index in [1.807, 2.05) is 11.1 Å². The number of carbonyl (C=O) groups is 2. The van der Waals surface area contributed by atoms with Crippen molar-refractivity contribution in [3.8, 4) is 0 Å². The third-order valence-electron chi connectivity index (χ3n) is 4.88. The number of nitrogens with one attached hydrogen (secondary N) is 1. The van der Waals surface area contributed by atoms with Gasteiger partial charge in [-0.2, -0.15) is 0 Å². The van der Waals surface area contributed by atoms with E-state index in [4.69, 9.17) is 9.57 Å². The van der Waals surface area contributed by atoms with Crippen LogP contribution in [-0.4, -0.2) is 56.7 Å². The lowest BCUT2D eigenvalue weighted by Gasteiger charge is -2.39. The van der Waals surface area contributed by atoms with E-state index in [1.54, 1.807) is 38.1 Å². The number of hydrogen-bond acceptors (Lipinski definition) is 6. The number of hydrogen-bond donors (Lipinski definition) is 1. The number of aromatic nitrogens is 2. The van der Waals surface area contributed by atoms with Crippen molar-refractivity contribution in [3.63, 3.8) is 0 Å². The Morgan fingerprint density at radius 1 is 1.37 bits per heavy atom. The Morgan fingerprint density at radius 2 is 2.19 bits per heavy atom. The van der Waals surface area contributed by atoms with Crippen molar-refractivity contribution in [2.24, 2.45) is 0 Å². The van der Waals surface area contributed by atoms with Gasteiger partial charge in [0.25, 0.3) is 5.91 Å². The number of nitrogens with zero attached hydrogens (tertiary/aromatic N) is 3. The van der Waals surface area contributed by atoms with Crippen LogP contribution in [0.2, 0.25) is 0 Å². The molecule has 4 rings (SSSR count). The molecule has 0 aliphatic carbocycles. The van der Waals surface area contributed by atoms with E-state index < -0.39 is 11.8 Å². The summed E-state index contributed by atoms with van der Waals surface area (Å²) in [5.74, 6) is -0.00128. The highest BCUT2D eigenvalue weighted by Gasteiger charge is 2.35. The lowest BCUT2D eigenvalue weighted by Crippen LogP contribution is -2.51. The molecule has 0 bridgehead atoms. The lowest BCUT2D eigenvalue weighted by atomic mass is 9.98. The molecule has 1 saturated heterocycles. The van der Waals surface area contributed by atoms with Gasteiger partial charge in [0.2, 0.25) is 0 Å². The molecule has 0 aromatic carbocycles. The molecule has 1 atom stereocenters. The number of hydroxylamine groups is 2. The minimum Gasteiger partial charge on any atom is -0.427 e. The van der Waals surface area contributed by atoms with Crippen LogP contribution in [0.4, 0.5) is 4.79 Å². The first-order valence-electron chi connectivity index (χ1n) is 9.23. The van der Waals surface area contributed by atoms with E-state index >= 15 is 0 Å². The van der Waals surface area contributed by atoms with Gasteiger partial charge in [0, 0.05) is 36.9 Å². The quantitative estimate of drug-likeness (QED) is 0.816. The summed E-state index contributed by atoms with van der Waals surface area (Å²) >= 11 is 0. The number of rotatable bonds is 2. The molecular weight excluding hydrogens is 348 g/mol. The van der Waals surface area contributed by atoms with Gasteiger partial charge in [0.05, 0.1) is 12.1 Å². The molecule has 8 heteroatoms. The summed E-state index contributed by atoms with van der Waals surface area (Å²) in [5, 5.41) is 2.51. The van der Waals surface area contributed by atoms with Gasteiger partial charge in [-0.05, 0) is 45.2 Å². The van der Waals surface area contributed by atoms with Gasteiger partial charge < -0.3 is 19.5 Å². The van der Waals surface area contributed by atoms with Gasteiger partial charge in [-0.15, -0.1) is 5.06 Å². The molecule has 27 heavy (non-hydrogen) atoms. The Kier molecular flexibility index (Phi) is 4.30. The van der Waals surface area contributed by atoms with Crippen LogP contribution in [0.5, 0.6) is 0 Å². The van der Waals surface area contributed by atoms with Gasteiger partial charge in [0.1, 0.15) is 11.2 Å². The van der Waals surface area contributed by atoms with Crippen LogP contribution in [0.15, 0.2) is 18.5 Å². The molecule has 1 unspecified atom stereocenters. The molecule has 1 amide bonds. The zero-order valence-electron chi connectivity index (χ0n) is 15.8. The Hall–Kier alpha value is -2.61. The van der Waals surface area contributed by atoms with Gasteiger partial charge in [0.15, 0.2) is 0 Å². The largest absolute Gasteiger partial charge is 0.528 e. The Bertz CT molecular complexity index is 885. The van der Waals surface area contributed by atoms with Crippen molar-refractivity contribution >= 4 is 23.1 Å². The van der Waals surface area contributed by atoms with Gasteiger partial charge in [-0.1, -0.05) is 0 Å². The minimum absolute atomic E-state index is 0.00128. The van der Waals surface area contributed by atoms with Crippen molar-refractivity contribution in [2.45, 2.75) is 51.8 Å². The number of piperidine rings is 1. The van der Waals surface area contributed by atoms with Gasteiger partial charge >= 0.3 is 6.16 Å². The highest BCUT2D eigenvalue weighted by Crippen LogP contribution is 2.31. The average molecular weight is 372 g/mol. The average Bonchev–Trinajstić information content (AvgIpc) is 3.00. The molecule has 0 spiro atoms. The highest BCUT2D eigenvalue weighted by atomic mass is 16.8. The first-order valence-corrected chi connectivity index (χ1v) is 9.23. The summed E-state index contributed by atoms with van der Waals surface area (Å²) in [7, 11) is 0. The summed E-state index contributed by atoms with van der Waals surface area (Å²) in [4.78, 5) is 39.6. The topological polar surface area (TPSA) is 87.8 Å².